The molecule has 4 aromatic carbocycles. The summed E-state index contributed by atoms with van der Waals surface area (Å²) in [7, 11) is 1.58. The van der Waals surface area contributed by atoms with E-state index in [0.717, 1.165) is 56.1 Å². The van der Waals surface area contributed by atoms with Crippen molar-refractivity contribution in [1.29, 1.82) is 0 Å². The predicted molar refractivity (Wildman–Crippen MR) is 238 cm³/mol. The average Bonchev–Trinajstić information content (AvgIpc) is 3.83. The van der Waals surface area contributed by atoms with Gasteiger partial charge in [-0.25, -0.2) is 9.59 Å². The summed E-state index contributed by atoms with van der Waals surface area (Å²) in [5.41, 5.74) is 6.17. The summed E-state index contributed by atoms with van der Waals surface area (Å²) in [4.78, 5) is 42.9. The van der Waals surface area contributed by atoms with Gasteiger partial charge in [-0.15, -0.1) is 0 Å². The fourth-order valence-corrected chi connectivity index (χ4v) is 9.85. The number of rotatable bonds is 10. The molecule has 1 aromatic heterocycles. The number of aryl methyl sites for hydroxylation is 2. The Morgan fingerprint density at radius 3 is 2.31 bits per heavy atom. The van der Waals surface area contributed by atoms with Crippen LogP contribution in [-0.4, -0.2) is 49.1 Å². The molecule has 0 radical (unpaired) electrons. The number of fused-ring (bicyclic) bond motifs is 13. The van der Waals surface area contributed by atoms with Crippen LogP contribution in [0.3, 0.4) is 0 Å². The first-order chi connectivity index (χ1) is 30.1. The predicted octanol–water partition coefficient (Wildman–Crippen LogP) is 9.55. The molecule has 4 aliphatic rings. The fraction of sp³-hybridized carbons (Fsp3) is 0.415. The van der Waals surface area contributed by atoms with Crippen molar-refractivity contribution in [1.82, 2.24) is 0 Å². The third kappa shape index (κ3) is 9.59. The van der Waals surface area contributed by atoms with E-state index in [1.807, 2.05) is 25.1 Å². The fourth-order valence-electron chi connectivity index (χ4n) is 9.85. The maximum atomic E-state index is 14.7. The highest BCUT2D eigenvalue weighted by Crippen LogP contribution is 2.52. The molecule has 1 saturated carbocycles. The smallest absolute Gasteiger partial charge is 0.339 e. The molecule has 62 heavy (non-hydrogen) atoms. The van der Waals surface area contributed by atoms with E-state index in [-0.39, 0.29) is 30.4 Å². The maximum Gasteiger partial charge on any atom is 0.339 e. The molecular formula is C53H58O9. The largest absolute Gasteiger partial charge is 0.483 e. The van der Waals surface area contributed by atoms with E-state index in [2.05, 4.69) is 72.8 Å². The van der Waals surface area contributed by atoms with Crippen LogP contribution < -0.4 is 10.4 Å². The molecule has 1 fully saturated rings. The van der Waals surface area contributed by atoms with Gasteiger partial charge in [-0.05, 0) is 123 Å². The highest BCUT2D eigenvalue weighted by molar-refractivity contribution is 5.90. The van der Waals surface area contributed by atoms with Gasteiger partial charge in [0, 0.05) is 42.4 Å². The lowest BCUT2D eigenvalue weighted by atomic mass is 9.76. The minimum absolute atomic E-state index is 0.0193. The first kappa shape index (κ1) is 43.2. The van der Waals surface area contributed by atoms with Crippen LogP contribution in [0, 0.1) is 11.8 Å². The zero-order valence-corrected chi connectivity index (χ0v) is 36.2. The summed E-state index contributed by atoms with van der Waals surface area (Å²) in [5.74, 6) is -0.709. The van der Waals surface area contributed by atoms with Crippen LogP contribution in [0.5, 0.6) is 5.75 Å². The number of esters is 2. The molecule has 5 aromatic rings. The molecule has 9 rings (SSSR count). The molecule has 0 saturated heterocycles. The summed E-state index contributed by atoms with van der Waals surface area (Å²) in [6.07, 6.45) is 5.81. The van der Waals surface area contributed by atoms with Gasteiger partial charge in [-0.3, -0.25) is 4.79 Å². The summed E-state index contributed by atoms with van der Waals surface area (Å²) >= 11 is 0. The quantitative estimate of drug-likeness (QED) is 0.0833. The summed E-state index contributed by atoms with van der Waals surface area (Å²) in [6.45, 7) is 3.72. The van der Waals surface area contributed by atoms with Crippen LogP contribution in [0.1, 0.15) is 104 Å². The van der Waals surface area contributed by atoms with E-state index in [0.29, 0.717) is 65.7 Å². The number of carbonyl (C=O) groups is 2. The molecule has 0 spiro atoms. The lowest BCUT2D eigenvalue weighted by Crippen LogP contribution is -2.58. The van der Waals surface area contributed by atoms with Crippen molar-refractivity contribution in [3.05, 3.63) is 158 Å². The van der Waals surface area contributed by atoms with Gasteiger partial charge in [0.25, 0.3) is 0 Å². The van der Waals surface area contributed by atoms with Crippen molar-refractivity contribution < 1.29 is 38.1 Å². The Bertz CT molecular complexity index is 2460. The van der Waals surface area contributed by atoms with Crippen molar-refractivity contribution in [2.24, 2.45) is 11.8 Å². The van der Waals surface area contributed by atoms with Crippen molar-refractivity contribution in [2.75, 3.05) is 20.3 Å². The Hall–Kier alpha value is -5.51. The molecule has 2 bridgehead atoms. The van der Waals surface area contributed by atoms with Crippen LogP contribution in [0.4, 0.5) is 0 Å². The van der Waals surface area contributed by atoms with Crippen LogP contribution >= 0.6 is 0 Å². The molecule has 324 valence electrons. The third-order valence-electron chi connectivity index (χ3n) is 13.4. The third-order valence-corrected chi connectivity index (χ3v) is 13.4. The Morgan fingerprint density at radius 1 is 0.806 bits per heavy atom. The van der Waals surface area contributed by atoms with E-state index in [1.54, 1.807) is 20.1 Å². The zero-order chi connectivity index (χ0) is 43.2. The van der Waals surface area contributed by atoms with Crippen molar-refractivity contribution in [2.45, 2.75) is 109 Å². The molecule has 4 atom stereocenters. The van der Waals surface area contributed by atoms with Crippen LogP contribution in [0.25, 0.3) is 11.0 Å². The molecule has 3 aliphatic heterocycles. The molecule has 1 N–H and O–H groups in total. The summed E-state index contributed by atoms with van der Waals surface area (Å²) < 4.78 is 31.7. The zero-order valence-electron chi connectivity index (χ0n) is 36.2. The second kappa shape index (κ2) is 19.3. The van der Waals surface area contributed by atoms with E-state index in [4.69, 9.17) is 23.4 Å². The van der Waals surface area contributed by atoms with Crippen molar-refractivity contribution in [3.63, 3.8) is 0 Å². The van der Waals surface area contributed by atoms with Crippen LogP contribution in [-0.2, 0) is 55.9 Å². The monoisotopic (exact) mass is 838 g/mol. The SMILES string of the molecule is COCCc1cc2ccc3c(c2oc1=O)[C@H]1OC(=O)C[C@H](CCc2cccc(Cc4ccccc4)c2)Cc2ccc(cc2)CC/C(=C(\C)CO)C(=O)O[C@@H]1[C@](C)(C1CCCC1)O3. The second-order valence-electron chi connectivity index (χ2n) is 17.7. The first-order valence-electron chi connectivity index (χ1n) is 22.3. The number of aliphatic hydroxyl groups is 1. The number of methoxy groups -OCH3 is 1. The Kier molecular flexibility index (Phi) is 13.4. The van der Waals surface area contributed by atoms with Gasteiger partial charge in [0.1, 0.15) is 16.9 Å². The maximum absolute atomic E-state index is 14.7. The summed E-state index contributed by atoms with van der Waals surface area (Å²) in [5, 5.41) is 11.0. The molecule has 1 aliphatic carbocycles. The van der Waals surface area contributed by atoms with Gasteiger partial charge in [0.15, 0.2) is 12.2 Å². The lowest BCUT2D eigenvalue weighted by Gasteiger charge is -2.48. The van der Waals surface area contributed by atoms with E-state index < -0.39 is 35.4 Å². The van der Waals surface area contributed by atoms with Gasteiger partial charge < -0.3 is 28.5 Å². The number of hydrogen-bond acceptors (Lipinski definition) is 9. The molecule has 0 unspecified atom stereocenters. The summed E-state index contributed by atoms with van der Waals surface area (Å²) in [6, 6.07) is 33.0. The van der Waals surface area contributed by atoms with Gasteiger partial charge >= 0.3 is 17.6 Å². The average molecular weight is 839 g/mol. The van der Waals surface area contributed by atoms with Crippen molar-refractivity contribution in [3.8, 4) is 5.75 Å². The Morgan fingerprint density at radius 2 is 1.55 bits per heavy atom. The van der Waals surface area contributed by atoms with E-state index >= 15 is 0 Å². The number of benzene rings is 4. The van der Waals surface area contributed by atoms with Crippen LogP contribution in [0.2, 0.25) is 0 Å². The highest BCUT2D eigenvalue weighted by Gasteiger charge is 2.57. The number of ether oxygens (including phenoxy) is 4. The standard InChI is InChI=1S/C53H58O9/c1-34(33-54)44-24-22-35-16-18-38(19-17-35)30-40(21-20-37-12-9-13-39(29-37)28-36-10-5-4-6-11-36)31-46(55)59-49-47-45(25-23-41-32-42(26-27-58-3)51(56)60-48(41)47)62-53(2,43-14-7-8-15-43)50(49)61-52(44)57/h4-6,9-13,16-19,23,25,29,32,40,43,49-50,54H,7-8,14-15,20-22,24,26-28,30-31,33H2,1-3H3/b44-34-/t40-,49-,50+,53+/m1/s1. The van der Waals surface area contributed by atoms with Gasteiger partial charge in [-0.2, -0.15) is 0 Å². The topological polar surface area (TPSA) is 122 Å². The minimum Gasteiger partial charge on any atom is -0.483 e. The molecule has 9 nitrogen and oxygen atoms in total. The number of carbonyl (C=O) groups excluding carboxylic acids is 2. The highest BCUT2D eigenvalue weighted by atomic mass is 16.6. The molecular weight excluding hydrogens is 781 g/mol. The molecule has 9 heteroatoms. The Balaban J connectivity index is 1.20. The molecule has 4 heterocycles. The molecule has 0 amide bonds. The minimum atomic E-state index is -1.16. The Labute approximate surface area is 364 Å². The van der Waals surface area contributed by atoms with Gasteiger partial charge in [0.2, 0.25) is 0 Å². The van der Waals surface area contributed by atoms with Gasteiger partial charge in [-0.1, -0.05) is 91.7 Å². The van der Waals surface area contributed by atoms with Crippen molar-refractivity contribution >= 4 is 22.9 Å². The van der Waals surface area contributed by atoms with Crippen LogP contribution in [0.15, 0.2) is 117 Å². The lowest BCUT2D eigenvalue weighted by molar-refractivity contribution is -0.199. The number of hydrogen-bond donors (Lipinski definition) is 1. The van der Waals surface area contributed by atoms with Gasteiger partial charge in [0.05, 0.1) is 18.8 Å². The van der Waals surface area contributed by atoms with E-state index in [1.165, 1.54) is 16.7 Å². The van der Waals surface area contributed by atoms with E-state index in [9.17, 15) is 19.5 Å². The normalized spacial score (nSPS) is 23.0. The second-order valence-corrected chi connectivity index (χ2v) is 17.7. The first-order valence-corrected chi connectivity index (χ1v) is 22.3. The number of aliphatic hydroxyl groups excluding tert-OH is 1.